The lowest BCUT2D eigenvalue weighted by Gasteiger charge is -2.22. The Kier molecular flexibility index (Phi) is 10.5. The molecule has 0 bridgehead atoms. The van der Waals surface area contributed by atoms with Crippen LogP contribution in [0.3, 0.4) is 0 Å². The summed E-state index contributed by atoms with van der Waals surface area (Å²) in [6.07, 6.45) is 7.00. The van der Waals surface area contributed by atoms with Crippen molar-refractivity contribution >= 4 is 48.0 Å². The molecule has 1 aromatic heterocycles. The molecule has 2 heterocycles. The van der Waals surface area contributed by atoms with Crippen LogP contribution < -0.4 is 16.0 Å². The van der Waals surface area contributed by atoms with E-state index in [4.69, 9.17) is 0 Å². The van der Waals surface area contributed by atoms with Crippen LogP contribution in [0.15, 0.2) is 48.8 Å². The fourth-order valence-electron chi connectivity index (χ4n) is 3.07. The van der Waals surface area contributed by atoms with Gasteiger partial charge in [0.05, 0.1) is 11.9 Å². The summed E-state index contributed by atoms with van der Waals surface area (Å²) in [5.41, 5.74) is 1.88. The van der Waals surface area contributed by atoms with E-state index >= 15 is 0 Å². The number of nitrogens with one attached hydrogen (secondary N) is 3. The van der Waals surface area contributed by atoms with E-state index in [9.17, 15) is 9.59 Å². The van der Waals surface area contributed by atoms with Gasteiger partial charge in [-0.05, 0) is 74.7 Å². The van der Waals surface area contributed by atoms with E-state index in [1.54, 1.807) is 48.8 Å². The number of benzene rings is 1. The lowest BCUT2D eigenvalue weighted by atomic mass is 9.93. The molecule has 1 aliphatic rings. The van der Waals surface area contributed by atoms with Gasteiger partial charge < -0.3 is 16.0 Å². The Balaban J connectivity index is 0.00000196. The van der Waals surface area contributed by atoms with Gasteiger partial charge in [-0.2, -0.15) is 0 Å². The molecule has 0 unspecified atom stereocenters. The highest BCUT2D eigenvalue weighted by Gasteiger charge is 2.14. The van der Waals surface area contributed by atoms with Gasteiger partial charge >= 0.3 is 0 Å². The van der Waals surface area contributed by atoms with Crippen LogP contribution in [0.25, 0.3) is 0 Å². The first-order chi connectivity index (χ1) is 12.7. The SMILES string of the molecule is Cl.Cl.O=C(CCC1CCNCC1)Nc1ccc(C(=O)Nc2cccnc2)cc1. The van der Waals surface area contributed by atoms with Gasteiger partial charge in [0.2, 0.25) is 5.91 Å². The maximum absolute atomic E-state index is 12.2. The summed E-state index contributed by atoms with van der Waals surface area (Å²) >= 11 is 0. The molecule has 152 valence electrons. The second-order valence-electron chi connectivity index (χ2n) is 6.55. The van der Waals surface area contributed by atoms with Gasteiger partial charge in [0.25, 0.3) is 5.91 Å². The van der Waals surface area contributed by atoms with Crippen molar-refractivity contribution in [1.82, 2.24) is 10.3 Å². The minimum atomic E-state index is -0.207. The zero-order valence-electron chi connectivity index (χ0n) is 15.5. The van der Waals surface area contributed by atoms with Crippen molar-refractivity contribution in [2.75, 3.05) is 23.7 Å². The Morgan fingerprint density at radius 1 is 1.00 bits per heavy atom. The molecule has 0 radical (unpaired) electrons. The molecule has 3 rings (SSSR count). The van der Waals surface area contributed by atoms with Gasteiger partial charge in [0.15, 0.2) is 0 Å². The Labute approximate surface area is 177 Å². The molecule has 0 spiro atoms. The highest BCUT2D eigenvalue weighted by atomic mass is 35.5. The molecule has 0 saturated carbocycles. The van der Waals surface area contributed by atoms with Gasteiger partial charge in [-0.3, -0.25) is 14.6 Å². The minimum Gasteiger partial charge on any atom is -0.326 e. The average molecular weight is 425 g/mol. The number of piperidine rings is 1. The van der Waals surface area contributed by atoms with Gasteiger partial charge in [-0.15, -0.1) is 24.8 Å². The summed E-state index contributed by atoms with van der Waals surface area (Å²) in [5.74, 6) is 0.457. The quantitative estimate of drug-likeness (QED) is 0.656. The summed E-state index contributed by atoms with van der Waals surface area (Å²) < 4.78 is 0. The van der Waals surface area contributed by atoms with Crippen LogP contribution in [-0.2, 0) is 4.79 Å². The van der Waals surface area contributed by atoms with Crippen LogP contribution in [0.2, 0.25) is 0 Å². The lowest BCUT2D eigenvalue weighted by molar-refractivity contribution is -0.116. The number of anilines is 2. The third-order valence-corrected chi connectivity index (χ3v) is 4.59. The first-order valence-corrected chi connectivity index (χ1v) is 9.03. The summed E-state index contributed by atoms with van der Waals surface area (Å²) in [6.45, 7) is 2.10. The normalized spacial score (nSPS) is 13.6. The van der Waals surface area contributed by atoms with E-state index in [0.29, 0.717) is 29.3 Å². The molecule has 1 aromatic carbocycles. The number of pyridine rings is 1. The molecule has 1 fully saturated rings. The number of rotatable bonds is 6. The largest absolute Gasteiger partial charge is 0.326 e. The molecule has 0 atom stereocenters. The molecular formula is C20H26Cl2N4O2. The highest BCUT2D eigenvalue weighted by Crippen LogP contribution is 2.18. The Morgan fingerprint density at radius 2 is 1.71 bits per heavy atom. The highest BCUT2D eigenvalue weighted by molar-refractivity contribution is 6.04. The van der Waals surface area contributed by atoms with Crippen molar-refractivity contribution in [3.8, 4) is 0 Å². The van der Waals surface area contributed by atoms with E-state index in [1.165, 1.54) is 0 Å². The fraction of sp³-hybridized carbons (Fsp3) is 0.350. The molecule has 28 heavy (non-hydrogen) atoms. The summed E-state index contributed by atoms with van der Waals surface area (Å²) in [5, 5.41) is 9.02. The number of hydrogen-bond donors (Lipinski definition) is 3. The molecule has 1 aliphatic heterocycles. The topological polar surface area (TPSA) is 83.1 Å². The van der Waals surface area contributed by atoms with Gasteiger partial charge in [-0.1, -0.05) is 0 Å². The van der Waals surface area contributed by atoms with Crippen molar-refractivity contribution in [2.45, 2.75) is 25.7 Å². The van der Waals surface area contributed by atoms with E-state index in [2.05, 4.69) is 20.9 Å². The zero-order valence-corrected chi connectivity index (χ0v) is 17.2. The molecule has 0 aliphatic carbocycles. The van der Waals surface area contributed by atoms with E-state index in [-0.39, 0.29) is 36.6 Å². The monoisotopic (exact) mass is 424 g/mol. The van der Waals surface area contributed by atoms with Crippen molar-refractivity contribution in [1.29, 1.82) is 0 Å². The van der Waals surface area contributed by atoms with Crippen LogP contribution in [0.1, 0.15) is 36.0 Å². The van der Waals surface area contributed by atoms with Crippen LogP contribution in [0.5, 0.6) is 0 Å². The van der Waals surface area contributed by atoms with E-state index in [1.807, 2.05) is 0 Å². The lowest BCUT2D eigenvalue weighted by Crippen LogP contribution is -2.28. The molecule has 2 aromatic rings. The van der Waals surface area contributed by atoms with Crippen LogP contribution in [0.4, 0.5) is 11.4 Å². The van der Waals surface area contributed by atoms with Crippen molar-refractivity contribution in [3.05, 3.63) is 54.4 Å². The van der Waals surface area contributed by atoms with Crippen molar-refractivity contribution in [2.24, 2.45) is 5.92 Å². The zero-order chi connectivity index (χ0) is 18.2. The Morgan fingerprint density at radius 3 is 2.36 bits per heavy atom. The maximum Gasteiger partial charge on any atom is 0.255 e. The second kappa shape index (κ2) is 12.3. The molecular weight excluding hydrogens is 399 g/mol. The minimum absolute atomic E-state index is 0. The average Bonchev–Trinajstić information content (AvgIpc) is 2.68. The predicted molar refractivity (Wildman–Crippen MR) is 117 cm³/mol. The standard InChI is InChI=1S/C20H24N4O2.2ClH/c25-19(8-3-15-9-12-21-13-10-15)23-17-6-4-16(5-7-17)20(26)24-18-2-1-11-22-14-18;;/h1-2,4-7,11,14-15,21H,3,8-10,12-13H2,(H,23,25)(H,24,26);2*1H. The Bertz CT molecular complexity index is 736. The smallest absolute Gasteiger partial charge is 0.255 e. The molecule has 3 N–H and O–H groups in total. The van der Waals surface area contributed by atoms with Gasteiger partial charge in [-0.25, -0.2) is 0 Å². The maximum atomic E-state index is 12.2. The number of hydrogen-bond acceptors (Lipinski definition) is 4. The number of aromatic nitrogens is 1. The number of carbonyl (C=O) groups excluding carboxylic acids is 2. The third-order valence-electron chi connectivity index (χ3n) is 4.59. The van der Waals surface area contributed by atoms with Crippen molar-refractivity contribution in [3.63, 3.8) is 0 Å². The van der Waals surface area contributed by atoms with E-state index < -0.39 is 0 Å². The number of halogens is 2. The predicted octanol–water partition coefficient (Wildman–Crippen LogP) is 3.90. The van der Waals surface area contributed by atoms with Crippen molar-refractivity contribution < 1.29 is 9.59 Å². The summed E-state index contributed by atoms with van der Waals surface area (Å²) in [6, 6.07) is 10.4. The molecule has 8 heteroatoms. The first kappa shape index (κ1) is 23.9. The third kappa shape index (κ3) is 7.46. The first-order valence-electron chi connectivity index (χ1n) is 9.03. The van der Waals surface area contributed by atoms with E-state index in [0.717, 1.165) is 32.4 Å². The molecule has 2 amide bonds. The number of nitrogens with zero attached hydrogens (tertiary/aromatic N) is 1. The van der Waals surface area contributed by atoms with Gasteiger partial charge in [0, 0.05) is 23.9 Å². The van der Waals surface area contributed by atoms with Crippen LogP contribution in [0, 0.1) is 5.92 Å². The summed E-state index contributed by atoms with van der Waals surface area (Å²) in [7, 11) is 0. The molecule has 1 saturated heterocycles. The fourth-order valence-corrected chi connectivity index (χ4v) is 3.07. The second-order valence-corrected chi connectivity index (χ2v) is 6.55. The number of carbonyl (C=O) groups is 2. The Hall–Kier alpha value is -2.15. The molecule has 6 nitrogen and oxygen atoms in total. The summed E-state index contributed by atoms with van der Waals surface area (Å²) in [4.78, 5) is 28.3. The van der Waals surface area contributed by atoms with Crippen LogP contribution in [-0.4, -0.2) is 29.9 Å². The van der Waals surface area contributed by atoms with Gasteiger partial charge in [0.1, 0.15) is 0 Å². The van der Waals surface area contributed by atoms with Crippen LogP contribution >= 0.6 is 24.8 Å². The number of amides is 2.